The number of hydrogen-bond acceptors (Lipinski definition) is 4. The predicted octanol–water partition coefficient (Wildman–Crippen LogP) is 1.80. The fraction of sp³-hybridized carbons (Fsp3) is 0.167. The highest BCUT2D eigenvalue weighted by molar-refractivity contribution is 8.05. The maximum Gasteiger partial charge on any atom is 0.0849 e. The Hall–Kier alpha value is -1.55. The molecule has 2 atom stereocenters. The van der Waals surface area contributed by atoms with Gasteiger partial charge in [0.1, 0.15) is 0 Å². The number of thioether (sulfide) groups is 1. The molecule has 0 fully saturated rings. The van der Waals surface area contributed by atoms with Crippen molar-refractivity contribution in [2.24, 2.45) is 10.7 Å². The van der Waals surface area contributed by atoms with E-state index < -0.39 is 0 Å². The van der Waals surface area contributed by atoms with E-state index >= 15 is 0 Å². The van der Waals surface area contributed by atoms with Gasteiger partial charge in [0.2, 0.25) is 0 Å². The summed E-state index contributed by atoms with van der Waals surface area (Å²) in [6.07, 6.45) is 11.6. The lowest BCUT2D eigenvalue weighted by Gasteiger charge is -2.29. The summed E-state index contributed by atoms with van der Waals surface area (Å²) in [6.45, 7) is 0. The molecule has 80 valence electrons. The minimum atomic E-state index is 0.182. The quantitative estimate of drug-likeness (QED) is 0.622. The van der Waals surface area contributed by atoms with Crippen molar-refractivity contribution in [3.8, 4) is 0 Å². The van der Waals surface area contributed by atoms with Crippen molar-refractivity contribution in [3.05, 3.63) is 47.1 Å². The van der Waals surface area contributed by atoms with Crippen LogP contribution < -0.4 is 5.73 Å². The Morgan fingerprint density at radius 2 is 2.19 bits per heavy atom. The van der Waals surface area contributed by atoms with E-state index in [0.29, 0.717) is 5.71 Å². The standard InChI is InChI=1S/C12H11N3S/c13-7-1-3-9-11(5-7)16-12-6-8(14)2-4-10(12)15-9/h1-6,9,11,14H,13H2. The Morgan fingerprint density at radius 3 is 3.06 bits per heavy atom. The number of hydrogen-bond donors (Lipinski definition) is 2. The molecule has 3 rings (SSSR count). The molecule has 2 unspecified atom stereocenters. The molecule has 0 aromatic rings. The SMILES string of the molecule is N=C1C=CC2=NC3C=CC(N)=CC3SC2=C1. The number of allylic oxidation sites excluding steroid dienone is 5. The third kappa shape index (κ3) is 1.55. The lowest BCUT2D eigenvalue weighted by Crippen LogP contribution is -2.28. The Labute approximate surface area is 98.0 Å². The minimum Gasteiger partial charge on any atom is -0.399 e. The van der Waals surface area contributed by atoms with E-state index in [1.807, 2.05) is 30.4 Å². The monoisotopic (exact) mass is 229 g/mol. The molecule has 3 nitrogen and oxygen atoms in total. The summed E-state index contributed by atoms with van der Waals surface area (Å²) in [5.74, 6) is 0. The summed E-state index contributed by atoms with van der Waals surface area (Å²) < 4.78 is 0. The van der Waals surface area contributed by atoms with Crippen LogP contribution in [0.5, 0.6) is 0 Å². The topological polar surface area (TPSA) is 62.2 Å². The van der Waals surface area contributed by atoms with Crippen molar-refractivity contribution in [3.63, 3.8) is 0 Å². The van der Waals surface area contributed by atoms with Gasteiger partial charge >= 0.3 is 0 Å². The van der Waals surface area contributed by atoms with Gasteiger partial charge in [-0.1, -0.05) is 6.08 Å². The van der Waals surface area contributed by atoms with Gasteiger partial charge in [-0.15, -0.1) is 11.8 Å². The minimum absolute atomic E-state index is 0.182. The second kappa shape index (κ2) is 3.49. The zero-order valence-electron chi connectivity index (χ0n) is 8.55. The van der Waals surface area contributed by atoms with Crippen LogP contribution >= 0.6 is 11.8 Å². The number of fused-ring (bicyclic) bond motifs is 2. The van der Waals surface area contributed by atoms with Gasteiger partial charge in [-0.05, 0) is 30.4 Å². The number of nitrogens with zero attached hydrogens (tertiary/aromatic N) is 1. The van der Waals surface area contributed by atoms with Crippen LogP contribution in [0.4, 0.5) is 0 Å². The maximum atomic E-state index is 7.60. The van der Waals surface area contributed by atoms with Crippen LogP contribution in [0.15, 0.2) is 52.1 Å². The van der Waals surface area contributed by atoms with E-state index in [1.165, 1.54) is 0 Å². The smallest absolute Gasteiger partial charge is 0.0849 e. The van der Waals surface area contributed by atoms with Crippen molar-refractivity contribution in [1.82, 2.24) is 0 Å². The summed E-state index contributed by atoms with van der Waals surface area (Å²) in [6, 6.07) is 0.182. The molecule has 3 N–H and O–H groups in total. The van der Waals surface area contributed by atoms with E-state index in [-0.39, 0.29) is 11.3 Å². The fourth-order valence-corrected chi connectivity index (χ4v) is 3.15. The summed E-state index contributed by atoms with van der Waals surface area (Å²) in [7, 11) is 0. The first kappa shape index (κ1) is 9.66. The van der Waals surface area contributed by atoms with Crippen LogP contribution in [-0.4, -0.2) is 22.7 Å². The van der Waals surface area contributed by atoms with Gasteiger partial charge < -0.3 is 11.1 Å². The summed E-state index contributed by atoms with van der Waals surface area (Å²) in [5.41, 5.74) is 8.09. The van der Waals surface area contributed by atoms with E-state index in [9.17, 15) is 0 Å². The molecule has 0 aromatic heterocycles. The molecule has 0 bridgehead atoms. The van der Waals surface area contributed by atoms with Crippen LogP contribution in [0.3, 0.4) is 0 Å². The first-order chi connectivity index (χ1) is 7.72. The third-order valence-electron chi connectivity index (χ3n) is 2.69. The predicted molar refractivity (Wildman–Crippen MR) is 69.0 cm³/mol. The van der Waals surface area contributed by atoms with E-state index in [2.05, 4.69) is 4.99 Å². The van der Waals surface area contributed by atoms with Crippen molar-refractivity contribution >= 4 is 23.2 Å². The van der Waals surface area contributed by atoms with Crippen LogP contribution in [0.1, 0.15) is 0 Å². The molecule has 0 radical (unpaired) electrons. The van der Waals surface area contributed by atoms with Gasteiger partial charge in [0, 0.05) is 10.6 Å². The molecule has 16 heavy (non-hydrogen) atoms. The van der Waals surface area contributed by atoms with Crippen molar-refractivity contribution in [1.29, 1.82) is 5.41 Å². The molecule has 0 spiro atoms. The first-order valence-electron chi connectivity index (χ1n) is 5.11. The van der Waals surface area contributed by atoms with Crippen LogP contribution in [-0.2, 0) is 0 Å². The Balaban J connectivity index is 2.01. The molecule has 2 aliphatic carbocycles. The molecule has 0 amide bonds. The molecule has 1 heterocycles. The molecular weight excluding hydrogens is 218 g/mol. The van der Waals surface area contributed by atoms with E-state index in [1.54, 1.807) is 17.8 Å². The Bertz CT molecular complexity index is 508. The van der Waals surface area contributed by atoms with E-state index in [4.69, 9.17) is 11.1 Å². The van der Waals surface area contributed by atoms with Gasteiger partial charge in [0.15, 0.2) is 0 Å². The lowest BCUT2D eigenvalue weighted by molar-refractivity contribution is 0.831. The molecule has 0 saturated carbocycles. The number of rotatable bonds is 0. The van der Waals surface area contributed by atoms with Crippen LogP contribution in [0.2, 0.25) is 0 Å². The molecule has 0 saturated heterocycles. The normalized spacial score (nSPS) is 31.2. The van der Waals surface area contributed by atoms with E-state index in [0.717, 1.165) is 16.3 Å². The summed E-state index contributed by atoms with van der Waals surface area (Å²) in [4.78, 5) is 5.73. The van der Waals surface area contributed by atoms with Crippen LogP contribution in [0, 0.1) is 5.41 Å². The average Bonchev–Trinajstić information content (AvgIpc) is 2.26. The maximum absolute atomic E-state index is 7.60. The average molecular weight is 229 g/mol. The van der Waals surface area contributed by atoms with Gasteiger partial charge in [-0.3, -0.25) is 4.99 Å². The molecule has 1 aliphatic heterocycles. The van der Waals surface area contributed by atoms with Crippen molar-refractivity contribution in [2.75, 3.05) is 0 Å². The summed E-state index contributed by atoms with van der Waals surface area (Å²) in [5, 5.41) is 7.87. The number of nitrogens with two attached hydrogens (primary N) is 1. The molecular formula is C12H11N3S. The van der Waals surface area contributed by atoms with Crippen LogP contribution in [0.25, 0.3) is 0 Å². The molecule has 4 heteroatoms. The second-order valence-electron chi connectivity index (χ2n) is 3.91. The largest absolute Gasteiger partial charge is 0.399 e. The van der Waals surface area contributed by atoms with Gasteiger partial charge in [0.05, 0.1) is 22.7 Å². The zero-order valence-corrected chi connectivity index (χ0v) is 9.37. The molecule has 0 aromatic carbocycles. The lowest BCUT2D eigenvalue weighted by atomic mass is 10.1. The fourth-order valence-electron chi connectivity index (χ4n) is 1.91. The summed E-state index contributed by atoms with van der Waals surface area (Å²) >= 11 is 1.74. The second-order valence-corrected chi connectivity index (χ2v) is 5.13. The van der Waals surface area contributed by atoms with Gasteiger partial charge in [-0.2, -0.15) is 0 Å². The highest BCUT2D eigenvalue weighted by Crippen LogP contribution is 2.36. The van der Waals surface area contributed by atoms with Crippen molar-refractivity contribution in [2.45, 2.75) is 11.3 Å². The van der Waals surface area contributed by atoms with Gasteiger partial charge in [0.25, 0.3) is 0 Å². The Kier molecular flexibility index (Phi) is 2.11. The molecule has 3 aliphatic rings. The zero-order chi connectivity index (χ0) is 11.1. The highest BCUT2D eigenvalue weighted by atomic mass is 32.2. The first-order valence-corrected chi connectivity index (χ1v) is 5.99. The number of aliphatic imine (C=N–C) groups is 1. The Morgan fingerprint density at radius 1 is 1.31 bits per heavy atom. The van der Waals surface area contributed by atoms with Crippen molar-refractivity contribution < 1.29 is 0 Å². The number of nitrogens with one attached hydrogen (secondary N) is 1. The third-order valence-corrected chi connectivity index (χ3v) is 3.96. The van der Waals surface area contributed by atoms with Gasteiger partial charge in [-0.25, -0.2) is 0 Å². The highest BCUT2D eigenvalue weighted by Gasteiger charge is 2.28.